The molecule has 2 heterocycles. The number of benzene rings is 1. The Kier molecular flexibility index (Phi) is 5.30. The highest BCUT2D eigenvalue weighted by atomic mass is 16.4. The minimum Gasteiger partial charge on any atom is -0.480 e. The van der Waals surface area contributed by atoms with Crippen molar-refractivity contribution < 1.29 is 14.7 Å². The van der Waals surface area contributed by atoms with E-state index in [0.717, 1.165) is 29.6 Å². The Balaban J connectivity index is 1.82. The van der Waals surface area contributed by atoms with Crippen molar-refractivity contribution in [2.75, 3.05) is 5.32 Å². The van der Waals surface area contributed by atoms with E-state index in [1.54, 1.807) is 23.0 Å². The summed E-state index contributed by atoms with van der Waals surface area (Å²) in [4.78, 5) is 23.7. The molecule has 27 heavy (non-hydrogen) atoms. The summed E-state index contributed by atoms with van der Waals surface area (Å²) in [5.41, 5.74) is 2.99. The lowest BCUT2D eigenvalue weighted by Crippen LogP contribution is -2.15. The highest BCUT2D eigenvalue weighted by Crippen LogP contribution is 2.22. The number of carboxylic acid groups (broad SMARTS) is 1. The minimum absolute atomic E-state index is 0.0932. The van der Waals surface area contributed by atoms with Gasteiger partial charge in [-0.1, -0.05) is 20.8 Å². The fourth-order valence-electron chi connectivity index (χ4n) is 3.24. The van der Waals surface area contributed by atoms with Crippen LogP contribution in [0.25, 0.3) is 10.9 Å². The number of anilines is 1. The number of carboxylic acids is 1. The molecule has 0 spiro atoms. The molecular formula is C20H24N4O3. The predicted octanol–water partition coefficient (Wildman–Crippen LogP) is 3.39. The molecule has 0 aliphatic rings. The van der Waals surface area contributed by atoms with Crippen molar-refractivity contribution in [3.8, 4) is 0 Å². The van der Waals surface area contributed by atoms with Crippen LogP contribution in [0.4, 0.5) is 5.69 Å². The van der Waals surface area contributed by atoms with Gasteiger partial charge in [0.1, 0.15) is 6.54 Å². The van der Waals surface area contributed by atoms with Crippen molar-refractivity contribution in [1.29, 1.82) is 0 Å². The van der Waals surface area contributed by atoms with Crippen LogP contribution in [0.2, 0.25) is 0 Å². The maximum absolute atomic E-state index is 12.7. The second-order valence-electron chi connectivity index (χ2n) is 7.00. The molecule has 0 saturated carbocycles. The predicted molar refractivity (Wildman–Crippen MR) is 104 cm³/mol. The van der Waals surface area contributed by atoms with Gasteiger partial charge >= 0.3 is 5.97 Å². The maximum atomic E-state index is 12.7. The van der Waals surface area contributed by atoms with Crippen molar-refractivity contribution in [3.05, 3.63) is 47.9 Å². The number of aromatic nitrogens is 3. The highest BCUT2D eigenvalue weighted by molar-refractivity contribution is 6.05. The zero-order chi connectivity index (χ0) is 19.6. The largest absolute Gasteiger partial charge is 0.480 e. The fraction of sp³-hybridized carbons (Fsp3) is 0.350. The molecule has 7 heteroatoms. The average Bonchev–Trinajstić information content (AvgIpc) is 3.17. The molecule has 3 rings (SSSR count). The monoisotopic (exact) mass is 368 g/mol. The van der Waals surface area contributed by atoms with Crippen LogP contribution in [0.5, 0.6) is 0 Å². The van der Waals surface area contributed by atoms with Crippen molar-refractivity contribution in [2.24, 2.45) is 5.92 Å². The highest BCUT2D eigenvalue weighted by Gasteiger charge is 2.17. The first-order chi connectivity index (χ1) is 12.9. The van der Waals surface area contributed by atoms with E-state index < -0.39 is 5.97 Å². The summed E-state index contributed by atoms with van der Waals surface area (Å²) < 4.78 is 3.56. The van der Waals surface area contributed by atoms with Gasteiger partial charge in [-0.15, -0.1) is 0 Å². The molecule has 0 saturated heterocycles. The van der Waals surface area contributed by atoms with Gasteiger partial charge in [0, 0.05) is 29.3 Å². The number of aliphatic carboxylic acids is 1. The topological polar surface area (TPSA) is 89.2 Å². The van der Waals surface area contributed by atoms with Gasteiger partial charge in [0.15, 0.2) is 0 Å². The number of carbonyl (C=O) groups excluding carboxylic acids is 1. The lowest BCUT2D eigenvalue weighted by molar-refractivity contribution is -0.137. The average molecular weight is 368 g/mol. The van der Waals surface area contributed by atoms with E-state index in [0.29, 0.717) is 17.2 Å². The summed E-state index contributed by atoms with van der Waals surface area (Å²) in [6.07, 6.45) is 4.08. The first kappa shape index (κ1) is 18.7. The lowest BCUT2D eigenvalue weighted by Gasteiger charge is -2.10. The molecule has 3 aromatic rings. The van der Waals surface area contributed by atoms with Gasteiger partial charge in [0.25, 0.3) is 5.91 Å². The standard InChI is InChI=1S/C20H24N4O3/c1-4-17-16(10-21-24(17)11-13(2)3)20(27)22-15-5-6-18-14(9-15)7-8-23(18)12-19(25)26/h5-10,13H,4,11-12H2,1-3H3,(H,22,27)(H,25,26). The Bertz CT molecular complexity index is 984. The summed E-state index contributed by atoms with van der Waals surface area (Å²) >= 11 is 0. The van der Waals surface area contributed by atoms with E-state index in [-0.39, 0.29) is 12.5 Å². The zero-order valence-electron chi connectivity index (χ0n) is 15.8. The molecule has 1 amide bonds. The normalized spacial score (nSPS) is 11.3. The third-order valence-electron chi connectivity index (χ3n) is 4.40. The van der Waals surface area contributed by atoms with Gasteiger partial charge in [-0.05, 0) is 36.6 Å². The Morgan fingerprint density at radius 1 is 1.26 bits per heavy atom. The van der Waals surface area contributed by atoms with Crippen LogP contribution in [0.3, 0.4) is 0 Å². The first-order valence-electron chi connectivity index (χ1n) is 9.05. The number of hydrogen-bond acceptors (Lipinski definition) is 3. The van der Waals surface area contributed by atoms with Crippen molar-refractivity contribution in [2.45, 2.75) is 40.3 Å². The quantitative estimate of drug-likeness (QED) is 0.669. The molecule has 7 nitrogen and oxygen atoms in total. The molecule has 0 aliphatic heterocycles. The summed E-state index contributed by atoms with van der Waals surface area (Å²) in [6, 6.07) is 7.28. The Hall–Kier alpha value is -3.09. The second-order valence-corrected chi connectivity index (χ2v) is 7.00. The number of carbonyl (C=O) groups is 2. The molecule has 142 valence electrons. The van der Waals surface area contributed by atoms with Gasteiger partial charge in [0.2, 0.25) is 0 Å². The SMILES string of the molecule is CCc1c(C(=O)Nc2ccc3c(ccn3CC(=O)O)c2)cnn1CC(C)C. The number of nitrogens with zero attached hydrogens (tertiary/aromatic N) is 3. The number of nitrogens with one attached hydrogen (secondary N) is 1. The van der Waals surface area contributed by atoms with Crippen molar-refractivity contribution >= 4 is 28.5 Å². The first-order valence-corrected chi connectivity index (χ1v) is 9.05. The number of amides is 1. The van der Waals surface area contributed by atoms with Gasteiger partial charge in [-0.25, -0.2) is 0 Å². The molecule has 2 N–H and O–H groups in total. The van der Waals surface area contributed by atoms with Gasteiger partial charge < -0.3 is 15.0 Å². The van der Waals surface area contributed by atoms with Crippen LogP contribution in [-0.2, 0) is 24.3 Å². The summed E-state index contributed by atoms with van der Waals surface area (Å²) in [6.45, 7) is 6.94. The van der Waals surface area contributed by atoms with Crippen LogP contribution in [-0.4, -0.2) is 31.3 Å². The zero-order valence-corrected chi connectivity index (χ0v) is 15.8. The molecule has 0 atom stereocenters. The lowest BCUT2D eigenvalue weighted by atomic mass is 10.1. The number of fused-ring (bicyclic) bond motifs is 1. The Morgan fingerprint density at radius 2 is 2.04 bits per heavy atom. The smallest absolute Gasteiger partial charge is 0.323 e. The van der Waals surface area contributed by atoms with Crippen LogP contribution < -0.4 is 5.32 Å². The number of hydrogen-bond donors (Lipinski definition) is 2. The van der Waals surface area contributed by atoms with Crippen molar-refractivity contribution in [3.63, 3.8) is 0 Å². The van der Waals surface area contributed by atoms with Gasteiger partial charge in [-0.2, -0.15) is 5.10 Å². The van der Waals surface area contributed by atoms with Gasteiger partial charge in [-0.3, -0.25) is 14.3 Å². The molecule has 2 aromatic heterocycles. The molecule has 0 fully saturated rings. The van der Waals surface area contributed by atoms with Crippen LogP contribution in [0.1, 0.15) is 36.8 Å². The van der Waals surface area contributed by atoms with E-state index in [2.05, 4.69) is 24.3 Å². The van der Waals surface area contributed by atoms with E-state index in [1.165, 1.54) is 0 Å². The third kappa shape index (κ3) is 4.02. The molecule has 1 aromatic carbocycles. The molecule has 0 bridgehead atoms. The molecule has 0 aliphatic carbocycles. The van der Waals surface area contributed by atoms with Crippen LogP contribution in [0.15, 0.2) is 36.7 Å². The third-order valence-corrected chi connectivity index (χ3v) is 4.40. The minimum atomic E-state index is -0.893. The summed E-state index contributed by atoms with van der Waals surface area (Å²) in [7, 11) is 0. The van der Waals surface area contributed by atoms with Crippen LogP contribution in [0, 0.1) is 5.92 Å². The van der Waals surface area contributed by atoms with E-state index >= 15 is 0 Å². The second kappa shape index (κ2) is 7.65. The molecule has 0 radical (unpaired) electrons. The molecule has 0 unspecified atom stereocenters. The Morgan fingerprint density at radius 3 is 2.70 bits per heavy atom. The van der Waals surface area contributed by atoms with E-state index in [1.807, 2.05) is 29.8 Å². The van der Waals surface area contributed by atoms with Crippen LogP contribution >= 0.6 is 0 Å². The van der Waals surface area contributed by atoms with Gasteiger partial charge in [0.05, 0.1) is 17.5 Å². The maximum Gasteiger partial charge on any atom is 0.323 e. The van der Waals surface area contributed by atoms with E-state index in [9.17, 15) is 9.59 Å². The molecular weight excluding hydrogens is 344 g/mol. The Labute approximate surface area is 157 Å². The summed E-state index contributed by atoms with van der Waals surface area (Å²) in [5.74, 6) is -0.634. The fourth-order valence-corrected chi connectivity index (χ4v) is 3.24. The number of rotatable bonds is 7. The summed E-state index contributed by atoms with van der Waals surface area (Å²) in [5, 5.41) is 17.1. The van der Waals surface area contributed by atoms with Crippen molar-refractivity contribution in [1.82, 2.24) is 14.3 Å². The van der Waals surface area contributed by atoms with E-state index in [4.69, 9.17) is 5.11 Å².